The molecule has 1 aliphatic rings. The summed E-state index contributed by atoms with van der Waals surface area (Å²) in [4.78, 5) is 5.54. The molecule has 0 bridgehead atoms. The molecule has 0 saturated carbocycles. The van der Waals surface area contributed by atoms with E-state index < -0.39 is 0 Å². The van der Waals surface area contributed by atoms with Gasteiger partial charge in [0.15, 0.2) is 0 Å². The SMILES string of the molecule is C1=CCC(c2cc(-c3cccc(-n4c5ccccc5c5ccccc54)n3)c3sc4c(-n5c6ccccc6c6ccccc65)cc(-c5ccccc5)cc4c3c2)C=C1. The first kappa shape index (κ1) is 32.3. The lowest BCUT2D eigenvalue weighted by atomic mass is 9.89. The predicted octanol–water partition coefficient (Wildman–Crippen LogP) is 14.6. The molecule has 12 rings (SSSR count). The second-order valence-corrected chi connectivity index (χ2v) is 16.1. The van der Waals surface area contributed by atoms with Crippen LogP contribution in [0.15, 0.2) is 194 Å². The van der Waals surface area contributed by atoms with Crippen molar-refractivity contribution in [3.8, 4) is 33.9 Å². The number of fused-ring (bicyclic) bond motifs is 9. The maximum absolute atomic E-state index is 5.54. The fraction of sp³-hybridized carbons (Fsp3) is 0.0377. The summed E-state index contributed by atoms with van der Waals surface area (Å²) in [6.45, 7) is 0. The minimum absolute atomic E-state index is 0.280. The van der Waals surface area contributed by atoms with Crippen molar-refractivity contribution in [2.45, 2.75) is 12.3 Å². The van der Waals surface area contributed by atoms with Crippen molar-refractivity contribution in [2.24, 2.45) is 0 Å². The Morgan fingerprint density at radius 2 is 1.07 bits per heavy atom. The molecule has 4 heteroatoms. The first-order valence-electron chi connectivity index (χ1n) is 19.7. The fourth-order valence-corrected chi connectivity index (χ4v) is 10.5. The monoisotopic (exact) mass is 745 g/mol. The van der Waals surface area contributed by atoms with Crippen LogP contribution in [0, 0.1) is 0 Å². The normalized spacial score (nSPS) is 14.3. The van der Waals surface area contributed by atoms with E-state index in [1.807, 2.05) is 11.3 Å². The highest BCUT2D eigenvalue weighted by Crippen LogP contribution is 2.47. The van der Waals surface area contributed by atoms with Crippen LogP contribution in [0.25, 0.3) is 97.7 Å². The standard InChI is InChI=1S/C53H35N3S/c1-3-16-34(17-4-1)36-30-42-43-31-37(35-18-5-2-6-19-35)33-50(55-46-25-11-7-20-38(46)39-21-8-12-26-47(39)55)53(43)57-52(42)44(32-36)45-24-15-29-51(54-45)56-48-27-13-9-22-40(48)41-23-10-14-28-49(41)56/h1-16,18-34H,17H2. The Labute approximate surface area is 333 Å². The maximum atomic E-state index is 5.54. The maximum Gasteiger partial charge on any atom is 0.138 e. The van der Waals surface area contributed by atoms with E-state index in [-0.39, 0.29) is 5.92 Å². The van der Waals surface area contributed by atoms with E-state index in [0.717, 1.165) is 29.0 Å². The second-order valence-electron chi connectivity index (χ2n) is 15.1. The van der Waals surface area contributed by atoms with E-state index >= 15 is 0 Å². The van der Waals surface area contributed by atoms with Crippen LogP contribution in [0.4, 0.5) is 0 Å². The number of rotatable bonds is 5. The van der Waals surface area contributed by atoms with Gasteiger partial charge in [0.1, 0.15) is 5.82 Å². The molecule has 7 aromatic carbocycles. The van der Waals surface area contributed by atoms with Gasteiger partial charge in [0.05, 0.1) is 38.1 Å². The molecule has 0 saturated heterocycles. The highest BCUT2D eigenvalue weighted by Gasteiger charge is 2.23. The van der Waals surface area contributed by atoms with Crippen LogP contribution in [-0.2, 0) is 0 Å². The molecule has 0 amide bonds. The predicted molar refractivity (Wildman–Crippen MR) is 242 cm³/mol. The summed E-state index contributed by atoms with van der Waals surface area (Å²) >= 11 is 1.89. The van der Waals surface area contributed by atoms with E-state index in [1.165, 1.54) is 80.7 Å². The smallest absolute Gasteiger partial charge is 0.138 e. The zero-order valence-corrected chi connectivity index (χ0v) is 31.8. The number of hydrogen-bond acceptors (Lipinski definition) is 2. The molecule has 1 unspecified atom stereocenters. The van der Waals surface area contributed by atoms with Gasteiger partial charge in [-0.25, -0.2) is 4.98 Å². The van der Waals surface area contributed by atoms with Crippen molar-refractivity contribution in [1.29, 1.82) is 0 Å². The molecule has 3 nitrogen and oxygen atoms in total. The molecular formula is C53H35N3S. The second kappa shape index (κ2) is 12.8. The molecule has 0 N–H and O–H groups in total. The van der Waals surface area contributed by atoms with E-state index in [9.17, 15) is 0 Å². The van der Waals surface area contributed by atoms with E-state index in [2.05, 4.69) is 203 Å². The summed E-state index contributed by atoms with van der Waals surface area (Å²) in [5.74, 6) is 1.20. The van der Waals surface area contributed by atoms with Crippen molar-refractivity contribution < 1.29 is 0 Å². The van der Waals surface area contributed by atoms with Crippen molar-refractivity contribution in [1.82, 2.24) is 14.1 Å². The Morgan fingerprint density at radius 1 is 0.474 bits per heavy atom. The van der Waals surface area contributed by atoms with Crippen LogP contribution in [-0.4, -0.2) is 14.1 Å². The molecule has 11 aromatic rings. The molecule has 0 radical (unpaired) electrons. The highest BCUT2D eigenvalue weighted by atomic mass is 32.1. The number of para-hydroxylation sites is 4. The van der Waals surface area contributed by atoms with Gasteiger partial charge in [-0.15, -0.1) is 11.3 Å². The number of benzene rings is 7. The van der Waals surface area contributed by atoms with Crippen LogP contribution < -0.4 is 0 Å². The third kappa shape index (κ3) is 5.01. The van der Waals surface area contributed by atoms with Crippen LogP contribution in [0.5, 0.6) is 0 Å². The highest BCUT2D eigenvalue weighted by molar-refractivity contribution is 7.26. The van der Waals surface area contributed by atoms with Crippen molar-refractivity contribution >= 4 is 75.1 Å². The summed E-state index contributed by atoms with van der Waals surface area (Å²) in [6, 6.07) is 62.1. The van der Waals surface area contributed by atoms with Crippen LogP contribution in [0.2, 0.25) is 0 Å². The van der Waals surface area contributed by atoms with Crippen molar-refractivity contribution in [3.05, 3.63) is 200 Å². The van der Waals surface area contributed by atoms with E-state index in [1.54, 1.807) is 0 Å². The quantitative estimate of drug-likeness (QED) is 0.172. The van der Waals surface area contributed by atoms with Crippen molar-refractivity contribution in [3.63, 3.8) is 0 Å². The Hall–Kier alpha value is -7.01. The van der Waals surface area contributed by atoms with Crippen LogP contribution in [0.1, 0.15) is 17.9 Å². The molecule has 268 valence electrons. The molecule has 1 atom stereocenters. The van der Waals surface area contributed by atoms with Crippen LogP contribution >= 0.6 is 11.3 Å². The zero-order chi connectivity index (χ0) is 37.5. The molecule has 0 fully saturated rings. The number of pyridine rings is 1. The molecule has 0 spiro atoms. The third-order valence-corrected chi connectivity index (χ3v) is 13.1. The summed E-state index contributed by atoms with van der Waals surface area (Å²) < 4.78 is 7.34. The number of hydrogen-bond donors (Lipinski definition) is 0. The Bertz CT molecular complexity index is 3340. The molecule has 1 aliphatic carbocycles. The fourth-order valence-electron chi connectivity index (χ4n) is 9.23. The molecule has 4 heterocycles. The van der Waals surface area contributed by atoms with Gasteiger partial charge in [0.2, 0.25) is 0 Å². The van der Waals surface area contributed by atoms with Gasteiger partial charge in [0.25, 0.3) is 0 Å². The Kier molecular flexibility index (Phi) is 7.23. The van der Waals surface area contributed by atoms with Gasteiger partial charge < -0.3 is 4.57 Å². The summed E-state index contributed by atoms with van der Waals surface area (Å²) in [7, 11) is 0. The van der Waals surface area contributed by atoms with Gasteiger partial charge in [-0.1, -0.05) is 133 Å². The van der Waals surface area contributed by atoms with Gasteiger partial charge in [0, 0.05) is 48.5 Å². The first-order valence-corrected chi connectivity index (χ1v) is 20.5. The van der Waals surface area contributed by atoms with Gasteiger partial charge in [-0.3, -0.25) is 4.57 Å². The largest absolute Gasteiger partial charge is 0.308 e. The van der Waals surface area contributed by atoms with Gasteiger partial charge >= 0.3 is 0 Å². The Balaban J connectivity index is 1.17. The first-order chi connectivity index (χ1) is 28.3. The van der Waals surface area contributed by atoms with E-state index in [0.29, 0.717) is 0 Å². The number of thiophene rings is 1. The number of allylic oxidation sites excluding steroid dienone is 4. The summed E-state index contributed by atoms with van der Waals surface area (Å²) in [5, 5.41) is 7.54. The van der Waals surface area contributed by atoms with Gasteiger partial charge in [-0.2, -0.15) is 0 Å². The Morgan fingerprint density at radius 3 is 1.70 bits per heavy atom. The average molecular weight is 746 g/mol. The van der Waals surface area contributed by atoms with E-state index in [4.69, 9.17) is 4.98 Å². The minimum Gasteiger partial charge on any atom is -0.308 e. The minimum atomic E-state index is 0.280. The molecule has 57 heavy (non-hydrogen) atoms. The number of aromatic nitrogens is 3. The van der Waals surface area contributed by atoms with Crippen molar-refractivity contribution in [2.75, 3.05) is 0 Å². The summed E-state index contributed by atoms with van der Waals surface area (Å²) in [6.07, 6.45) is 9.96. The average Bonchev–Trinajstić information content (AvgIpc) is 3.94. The lowest BCUT2D eigenvalue weighted by Gasteiger charge is -2.16. The summed E-state index contributed by atoms with van der Waals surface area (Å²) in [5.41, 5.74) is 11.8. The van der Waals surface area contributed by atoms with Gasteiger partial charge in [-0.05, 0) is 83.8 Å². The topological polar surface area (TPSA) is 22.8 Å². The molecule has 0 aliphatic heterocycles. The third-order valence-electron chi connectivity index (χ3n) is 11.8. The molecule has 4 aromatic heterocycles. The lowest BCUT2D eigenvalue weighted by Crippen LogP contribution is -2.00. The molecular weight excluding hydrogens is 711 g/mol. The zero-order valence-electron chi connectivity index (χ0n) is 31.0. The van der Waals surface area contributed by atoms with Crippen LogP contribution in [0.3, 0.4) is 0 Å². The lowest BCUT2D eigenvalue weighted by molar-refractivity contribution is 0.856. The number of nitrogens with zero attached hydrogens (tertiary/aromatic N) is 3.